The smallest absolute Gasteiger partial charge is 0.317 e. The van der Waals surface area contributed by atoms with Crippen LogP contribution in [0.25, 0.3) is 0 Å². The fraction of sp³-hybridized carbons (Fsp3) is 0.444. The monoisotopic (exact) mass is 330 g/mol. The van der Waals surface area contributed by atoms with E-state index in [0.29, 0.717) is 0 Å². The number of hydrogen-bond donors (Lipinski definition) is 0. The standard InChI is InChI=1S/C18H18O6/c1-9-3-4-10-11(5-9)12(14-7-16(20)24-18(14)22)6-13(15(10)8-19)17(21)23-2/h3-5,8,12-15H,6-7H2,1-2H3. The molecular formula is C18H18O6. The van der Waals surface area contributed by atoms with Crippen LogP contribution in [0.1, 0.15) is 41.4 Å². The van der Waals surface area contributed by atoms with Gasteiger partial charge in [-0.1, -0.05) is 23.8 Å². The van der Waals surface area contributed by atoms with Crippen LogP contribution in [0.15, 0.2) is 18.2 Å². The van der Waals surface area contributed by atoms with Gasteiger partial charge in [-0.15, -0.1) is 0 Å². The Morgan fingerprint density at radius 2 is 2.00 bits per heavy atom. The summed E-state index contributed by atoms with van der Waals surface area (Å²) in [7, 11) is 1.28. The van der Waals surface area contributed by atoms with Gasteiger partial charge in [-0.05, 0) is 30.4 Å². The molecule has 0 amide bonds. The number of esters is 3. The highest BCUT2D eigenvalue weighted by atomic mass is 16.6. The molecule has 6 nitrogen and oxygen atoms in total. The van der Waals surface area contributed by atoms with E-state index in [-0.39, 0.29) is 18.8 Å². The molecule has 4 atom stereocenters. The first-order chi connectivity index (χ1) is 11.5. The minimum absolute atomic E-state index is 0.00344. The number of ether oxygens (including phenoxy) is 2. The van der Waals surface area contributed by atoms with Crippen molar-refractivity contribution in [3.05, 3.63) is 34.9 Å². The predicted molar refractivity (Wildman–Crippen MR) is 82.1 cm³/mol. The van der Waals surface area contributed by atoms with Gasteiger partial charge in [-0.25, -0.2) is 0 Å². The van der Waals surface area contributed by atoms with Crippen LogP contribution in [-0.4, -0.2) is 31.3 Å². The number of hydrogen-bond acceptors (Lipinski definition) is 6. The van der Waals surface area contributed by atoms with Gasteiger partial charge < -0.3 is 14.3 Å². The lowest BCUT2D eigenvalue weighted by atomic mass is 9.66. The van der Waals surface area contributed by atoms with Gasteiger partial charge in [0.15, 0.2) is 0 Å². The molecule has 1 saturated heterocycles. The summed E-state index contributed by atoms with van der Waals surface area (Å²) in [5.41, 5.74) is 2.54. The lowest BCUT2D eigenvalue weighted by Gasteiger charge is -2.36. The minimum atomic E-state index is -0.670. The third-order valence-corrected chi connectivity index (χ3v) is 4.98. The second-order valence-electron chi connectivity index (χ2n) is 6.37. The van der Waals surface area contributed by atoms with E-state index >= 15 is 0 Å². The molecular weight excluding hydrogens is 312 g/mol. The molecule has 0 bridgehead atoms. The number of carbonyl (C=O) groups is 4. The van der Waals surface area contributed by atoms with Crippen LogP contribution in [0.5, 0.6) is 0 Å². The average molecular weight is 330 g/mol. The zero-order valence-corrected chi connectivity index (χ0v) is 13.5. The van der Waals surface area contributed by atoms with Crippen molar-refractivity contribution in [2.24, 2.45) is 11.8 Å². The molecule has 0 radical (unpaired) electrons. The molecule has 24 heavy (non-hydrogen) atoms. The zero-order valence-electron chi connectivity index (χ0n) is 13.5. The molecule has 126 valence electrons. The molecule has 1 heterocycles. The van der Waals surface area contributed by atoms with Crippen LogP contribution < -0.4 is 0 Å². The van der Waals surface area contributed by atoms with Gasteiger partial charge in [0, 0.05) is 0 Å². The number of rotatable bonds is 3. The Morgan fingerprint density at radius 1 is 1.25 bits per heavy atom. The second kappa shape index (κ2) is 6.19. The normalized spacial score (nSPS) is 28.9. The van der Waals surface area contributed by atoms with Crippen molar-refractivity contribution in [2.75, 3.05) is 7.11 Å². The maximum atomic E-state index is 12.2. The summed E-state index contributed by atoms with van der Waals surface area (Å²) in [6.45, 7) is 1.91. The summed E-state index contributed by atoms with van der Waals surface area (Å²) in [4.78, 5) is 47.3. The Kier molecular flexibility index (Phi) is 4.22. The fourth-order valence-electron chi connectivity index (χ4n) is 3.83. The van der Waals surface area contributed by atoms with Crippen molar-refractivity contribution in [1.29, 1.82) is 0 Å². The number of carbonyl (C=O) groups excluding carboxylic acids is 4. The fourth-order valence-corrected chi connectivity index (χ4v) is 3.83. The molecule has 0 aromatic heterocycles. The second-order valence-corrected chi connectivity index (χ2v) is 6.37. The van der Waals surface area contributed by atoms with Crippen molar-refractivity contribution < 1.29 is 28.7 Å². The number of benzene rings is 1. The molecule has 1 aromatic rings. The molecule has 6 heteroatoms. The summed E-state index contributed by atoms with van der Waals surface area (Å²) >= 11 is 0. The lowest BCUT2D eigenvalue weighted by Crippen LogP contribution is -2.35. The van der Waals surface area contributed by atoms with Gasteiger partial charge in [0.1, 0.15) is 6.29 Å². The van der Waals surface area contributed by atoms with Gasteiger partial charge in [0.05, 0.1) is 31.3 Å². The Labute approximate surface area is 139 Å². The largest absolute Gasteiger partial charge is 0.469 e. The van der Waals surface area contributed by atoms with Gasteiger partial charge in [0.25, 0.3) is 0 Å². The first kappa shape index (κ1) is 16.4. The number of methoxy groups -OCH3 is 1. The van der Waals surface area contributed by atoms with Crippen LogP contribution in [0.4, 0.5) is 0 Å². The van der Waals surface area contributed by atoms with Crippen molar-refractivity contribution in [3.63, 3.8) is 0 Å². The summed E-state index contributed by atoms with van der Waals surface area (Å²) in [5, 5.41) is 0. The first-order valence-electron chi connectivity index (χ1n) is 7.84. The van der Waals surface area contributed by atoms with E-state index in [2.05, 4.69) is 4.74 Å². The van der Waals surface area contributed by atoms with Gasteiger partial charge >= 0.3 is 17.9 Å². The summed E-state index contributed by atoms with van der Waals surface area (Å²) in [6.07, 6.45) is 1.03. The van der Waals surface area contributed by atoms with Crippen molar-refractivity contribution >= 4 is 24.2 Å². The van der Waals surface area contributed by atoms with E-state index in [0.717, 1.165) is 23.0 Å². The molecule has 4 unspecified atom stereocenters. The van der Waals surface area contributed by atoms with E-state index in [1.165, 1.54) is 7.11 Å². The number of cyclic esters (lactones) is 2. The van der Waals surface area contributed by atoms with Crippen LogP contribution in [0.2, 0.25) is 0 Å². The predicted octanol–water partition coefficient (Wildman–Crippen LogP) is 1.64. The first-order valence-corrected chi connectivity index (χ1v) is 7.84. The third kappa shape index (κ3) is 2.62. The van der Waals surface area contributed by atoms with Crippen LogP contribution in [0.3, 0.4) is 0 Å². The van der Waals surface area contributed by atoms with Crippen molar-refractivity contribution in [2.45, 2.75) is 31.6 Å². The number of aryl methyl sites for hydroxylation is 1. The highest BCUT2D eigenvalue weighted by Gasteiger charge is 2.47. The molecule has 1 aromatic carbocycles. The topological polar surface area (TPSA) is 86.7 Å². The maximum absolute atomic E-state index is 12.2. The van der Waals surface area contributed by atoms with Gasteiger partial charge in [0.2, 0.25) is 0 Å². The van der Waals surface area contributed by atoms with E-state index in [4.69, 9.17) is 4.74 Å². The quantitative estimate of drug-likeness (QED) is 0.476. The summed E-state index contributed by atoms with van der Waals surface area (Å²) < 4.78 is 9.52. The highest BCUT2D eigenvalue weighted by Crippen LogP contribution is 2.47. The van der Waals surface area contributed by atoms with E-state index < -0.39 is 35.7 Å². The maximum Gasteiger partial charge on any atom is 0.317 e. The third-order valence-electron chi connectivity index (χ3n) is 4.98. The molecule has 0 spiro atoms. The van der Waals surface area contributed by atoms with Gasteiger partial charge in [-0.2, -0.15) is 0 Å². The SMILES string of the molecule is COC(=O)C1CC(C2CC(=O)OC2=O)c2cc(C)ccc2C1C=O. The molecule has 1 fully saturated rings. The van der Waals surface area contributed by atoms with Crippen LogP contribution in [-0.2, 0) is 28.7 Å². The van der Waals surface area contributed by atoms with E-state index in [1.807, 2.05) is 25.1 Å². The van der Waals surface area contributed by atoms with Crippen LogP contribution >= 0.6 is 0 Å². The zero-order chi connectivity index (χ0) is 17.4. The van der Waals surface area contributed by atoms with Crippen molar-refractivity contribution in [1.82, 2.24) is 0 Å². The van der Waals surface area contributed by atoms with E-state index in [1.54, 1.807) is 0 Å². The molecule has 1 aliphatic carbocycles. The molecule has 0 saturated carbocycles. The Hall–Kier alpha value is -2.50. The number of aldehydes is 1. The Morgan fingerprint density at radius 3 is 2.58 bits per heavy atom. The van der Waals surface area contributed by atoms with Crippen LogP contribution in [0, 0.1) is 18.8 Å². The van der Waals surface area contributed by atoms with E-state index in [9.17, 15) is 19.2 Å². The van der Waals surface area contributed by atoms with Gasteiger partial charge in [-0.3, -0.25) is 14.4 Å². The molecule has 2 aliphatic rings. The van der Waals surface area contributed by atoms with Crippen molar-refractivity contribution in [3.8, 4) is 0 Å². The highest BCUT2D eigenvalue weighted by molar-refractivity contribution is 5.95. The Balaban J connectivity index is 2.10. The minimum Gasteiger partial charge on any atom is -0.469 e. The molecule has 3 rings (SSSR count). The number of fused-ring (bicyclic) bond motifs is 1. The average Bonchev–Trinajstić information content (AvgIpc) is 2.90. The summed E-state index contributed by atoms with van der Waals surface area (Å²) in [5.74, 6) is -3.86. The summed E-state index contributed by atoms with van der Waals surface area (Å²) in [6, 6.07) is 5.60. The molecule has 0 N–H and O–H groups in total. The molecule has 1 aliphatic heterocycles. The Bertz CT molecular complexity index is 722. The lowest BCUT2D eigenvalue weighted by molar-refractivity contribution is -0.154.